The standard InChI is InChI=1S/C44H25NO2Se/c1-4-10-38-31(7-1)33-21-18-29(24-40(33)46-38)45(30-19-22-34-32-8-2-5-11-39(32)47-41(34)25-30)28-17-15-26-13-14-27-16-20-36-35-9-3-6-12-42(35)48-44(36)43(27)37(26)23-28/h1-25H. The molecule has 0 aliphatic carbocycles. The summed E-state index contributed by atoms with van der Waals surface area (Å²) in [6, 6.07) is 54.6. The molecule has 0 atom stereocenters. The Morgan fingerprint density at radius 1 is 0.375 bits per heavy atom. The summed E-state index contributed by atoms with van der Waals surface area (Å²) in [6.45, 7) is 0. The molecule has 224 valence electrons. The number of benzene rings is 8. The van der Waals surface area contributed by atoms with Crippen LogP contribution in [0.3, 0.4) is 0 Å². The van der Waals surface area contributed by atoms with E-state index in [0.717, 1.165) is 60.9 Å². The van der Waals surface area contributed by atoms with Crippen LogP contribution in [0, 0.1) is 0 Å². The molecule has 0 aliphatic rings. The number of hydrogen-bond acceptors (Lipinski definition) is 3. The summed E-state index contributed by atoms with van der Waals surface area (Å²) in [7, 11) is 0. The summed E-state index contributed by atoms with van der Waals surface area (Å²) in [5.41, 5.74) is 6.67. The van der Waals surface area contributed by atoms with Crippen LogP contribution in [0.25, 0.3) is 84.7 Å². The second kappa shape index (κ2) is 9.85. The number of nitrogens with zero attached hydrogens (tertiary/aromatic N) is 1. The molecule has 0 amide bonds. The van der Waals surface area contributed by atoms with Gasteiger partial charge in [-0.3, -0.25) is 0 Å². The van der Waals surface area contributed by atoms with Gasteiger partial charge in [0.2, 0.25) is 0 Å². The first-order valence-electron chi connectivity index (χ1n) is 16.2. The van der Waals surface area contributed by atoms with Gasteiger partial charge in [0.25, 0.3) is 0 Å². The molecule has 0 unspecified atom stereocenters. The fourth-order valence-electron chi connectivity index (χ4n) is 7.60. The fourth-order valence-corrected chi connectivity index (χ4v) is 10.3. The van der Waals surface area contributed by atoms with Gasteiger partial charge in [-0.05, 0) is 0 Å². The molecule has 0 saturated carbocycles. The molecule has 0 fully saturated rings. The molecule has 4 heteroatoms. The first kappa shape index (κ1) is 26.3. The van der Waals surface area contributed by atoms with Crippen molar-refractivity contribution < 1.29 is 8.83 Å². The molecule has 0 radical (unpaired) electrons. The van der Waals surface area contributed by atoms with Crippen molar-refractivity contribution in [3.8, 4) is 0 Å². The molecule has 0 N–H and O–H groups in total. The third kappa shape index (κ3) is 3.76. The van der Waals surface area contributed by atoms with E-state index in [4.69, 9.17) is 8.83 Å². The zero-order valence-corrected chi connectivity index (χ0v) is 27.3. The molecule has 3 nitrogen and oxygen atoms in total. The molecule has 11 aromatic rings. The Morgan fingerprint density at radius 2 is 0.875 bits per heavy atom. The van der Waals surface area contributed by atoms with Crippen molar-refractivity contribution in [1.29, 1.82) is 0 Å². The monoisotopic (exact) mass is 679 g/mol. The van der Waals surface area contributed by atoms with Crippen LogP contribution in [0.5, 0.6) is 0 Å². The van der Waals surface area contributed by atoms with Gasteiger partial charge in [0.15, 0.2) is 0 Å². The van der Waals surface area contributed by atoms with E-state index in [1.54, 1.807) is 0 Å². The van der Waals surface area contributed by atoms with Crippen LogP contribution >= 0.6 is 0 Å². The van der Waals surface area contributed by atoms with E-state index in [-0.39, 0.29) is 14.5 Å². The zero-order valence-electron chi connectivity index (χ0n) is 25.6. The average Bonchev–Trinajstić information content (AvgIpc) is 3.82. The number of fused-ring (bicyclic) bond motifs is 13. The normalized spacial score (nSPS) is 12.2. The van der Waals surface area contributed by atoms with E-state index in [9.17, 15) is 0 Å². The van der Waals surface area contributed by atoms with Crippen LogP contribution in [0.4, 0.5) is 17.1 Å². The Kier molecular flexibility index (Phi) is 5.40. The van der Waals surface area contributed by atoms with Crippen molar-refractivity contribution in [3.63, 3.8) is 0 Å². The second-order valence-corrected chi connectivity index (χ2v) is 14.7. The van der Waals surface area contributed by atoms with Crippen molar-refractivity contribution in [2.75, 3.05) is 4.90 Å². The Hall–Kier alpha value is -5.80. The van der Waals surface area contributed by atoms with E-state index >= 15 is 0 Å². The van der Waals surface area contributed by atoms with Gasteiger partial charge < -0.3 is 0 Å². The second-order valence-electron chi connectivity index (χ2n) is 12.5. The predicted molar refractivity (Wildman–Crippen MR) is 203 cm³/mol. The predicted octanol–water partition coefficient (Wildman–Crippen LogP) is 12.6. The van der Waals surface area contributed by atoms with Crippen molar-refractivity contribution in [1.82, 2.24) is 0 Å². The summed E-state index contributed by atoms with van der Waals surface area (Å²) >= 11 is 0.244. The zero-order chi connectivity index (χ0) is 31.3. The van der Waals surface area contributed by atoms with Crippen LogP contribution < -0.4 is 4.90 Å². The Balaban J connectivity index is 1.19. The maximum atomic E-state index is 6.39. The van der Waals surface area contributed by atoms with E-state index < -0.39 is 0 Å². The Labute approximate surface area is 280 Å². The minimum atomic E-state index is 0.244. The number of hydrogen-bond donors (Lipinski definition) is 0. The molecule has 11 rings (SSSR count). The SMILES string of the molecule is c1ccc2c(c1)oc1cc(N(c3ccc4c(c3)oc3ccccc34)c3ccc4ccc5ccc6c7ccccc7[se]c6c5c4c3)ccc12. The quantitative estimate of drug-likeness (QED) is 0.138. The fraction of sp³-hybridized carbons (Fsp3) is 0. The van der Waals surface area contributed by atoms with Crippen LogP contribution in [0.15, 0.2) is 160 Å². The van der Waals surface area contributed by atoms with E-state index in [1.807, 2.05) is 24.3 Å². The molecular weight excluding hydrogens is 653 g/mol. The van der Waals surface area contributed by atoms with Crippen molar-refractivity contribution in [2.24, 2.45) is 0 Å². The average molecular weight is 679 g/mol. The molecule has 0 aliphatic heterocycles. The topological polar surface area (TPSA) is 29.5 Å². The van der Waals surface area contributed by atoms with Gasteiger partial charge in [-0.2, -0.15) is 0 Å². The van der Waals surface area contributed by atoms with Crippen LogP contribution in [0.1, 0.15) is 0 Å². The number of para-hydroxylation sites is 2. The van der Waals surface area contributed by atoms with Gasteiger partial charge >= 0.3 is 257 Å². The molecular formula is C44H25NO2Se. The van der Waals surface area contributed by atoms with Crippen molar-refractivity contribution in [2.45, 2.75) is 0 Å². The summed E-state index contributed by atoms with van der Waals surface area (Å²) < 4.78 is 15.7. The molecule has 0 spiro atoms. The molecule has 0 saturated heterocycles. The van der Waals surface area contributed by atoms with Gasteiger partial charge in [0, 0.05) is 0 Å². The first-order valence-corrected chi connectivity index (χ1v) is 17.9. The molecule has 8 aromatic carbocycles. The Morgan fingerprint density at radius 3 is 1.58 bits per heavy atom. The first-order chi connectivity index (χ1) is 23.8. The van der Waals surface area contributed by atoms with Gasteiger partial charge in [-0.1, -0.05) is 24.3 Å². The number of furan rings is 2. The van der Waals surface area contributed by atoms with Crippen LogP contribution in [0.2, 0.25) is 0 Å². The Bertz CT molecular complexity index is 2970. The molecule has 3 aromatic heterocycles. The molecule has 0 bridgehead atoms. The van der Waals surface area contributed by atoms with Gasteiger partial charge in [0.1, 0.15) is 0 Å². The van der Waals surface area contributed by atoms with Crippen molar-refractivity contribution >= 4 is 116 Å². The van der Waals surface area contributed by atoms with Crippen LogP contribution in [-0.2, 0) is 0 Å². The summed E-state index contributed by atoms with van der Waals surface area (Å²) in [5.74, 6) is 0. The number of rotatable bonds is 3. The van der Waals surface area contributed by atoms with Crippen LogP contribution in [-0.4, -0.2) is 14.5 Å². The van der Waals surface area contributed by atoms with E-state index in [0.29, 0.717) is 0 Å². The summed E-state index contributed by atoms with van der Waals surface area (Å²) in [4.78, 5) is 2.33. The number of anilines is 3. The maximum absolute atomic E-state index is 6.39. The van der Waals surface area contributed by atoms with Gasteiger partial charge in [-0.15, -0.1) is 0 Å². The summed E-state index contributed by atoms with van der Waals surface area (Å²) in [6.07, 6.45) is 0. The summed E-state index contributed by atoms with van der Waals surface area (Å²) in [5, 5.41) is 12.4. The van der Waals surface area contributed by atoms with Crippen molar-refractivity contribution in [3.05, 3.63) is 152 Å². The third-order valence-electron chi connectivity index (χ3n) is 9.83. The minimum absolute atomic E-state index is 0.244. The van der Waals surface area contributed by atoms with E-state index in [1.165, 1.54) is 40.8 Å². The molecule has 3 heterocycles. The van der Waals surface area contributed by atoms with E-state index in [2.05, 4.69) is 132 Å². The van der Waals surface area contributed by atoms with Gasteiger partial charge in [0.05, 0.1) is 0 Å². The molecule has 48 heavy (non-hydrogen) atoms. The third-order valence-corrected chi connectivity index (χ3v) is 12.4. The van der Waals surface area contributed by atoms with Gasteiger partial charge in [-0.25, -0.2) is 0 Å².